The van der Waals surface area contributed by atoms with Crippen LogP contribution in [-0.4, -0.2) is 31.6 Å². The summed E-state index contributed by atoms with van der Waals surface area (Å²) in [7, 11) is -2.98. The minimum atomic E-state index is -4.21. The Bertz CT molecular complexity index is 1330. The molecule has 9 heteroatoms. The molecule has 2 aromatic carbocycles. The molecule has 0 radical (unpaired) electrons. The molecular weight excluding hydrogens is 471 g/mol. The summed E-state index contributed by atoms with van der Waals surface area (Å²) in [6, 6.07) is 13.0. The lowest BCUT2D eigenvalue weighted by Gasteiger charge is -2.26. The van der Waals surface area contributed by atoms with Crippen molar-refractivity contribution in [2.45, 2.75) is 43.6 Å². The quantitative estimate of drug-likeness (QED) is 0.434. The first-order chi connectivity index (χ1) is 16.7. The molecule has 35 heavy (non-hydrogen) atoms. The molecule has 0 bridgehead atoms. The first-order valence-corrected chi connectivity index (χ1v) is 12.9. The van der Waals surface area contributed by atoms with Crippen molar-refractivity contribution in [3.8, 4) is 16.9 Å². The number of ether oxygens (including phenoxy) is 1. The van der Waals surface area contributed by atoms with Crippen LogP contribution in [0.2, 0.25) is 0 Å². The molecule has 1 fully saturated rings. The Morgan fingerprint density at radius 2 is 1.74 bits per heavy atom. The third-order valence-corrected chi connectivity index (χ3v) is 7.77. The van der Waals surface area contributed by atoms with E-state index in [-0.39, 0.29) is 16.5 Å². The number of nitrogens with one attached hydrogen (secondary N) is 1. The molecule has 0 unspecified atom stereocenters. The van der Waals surface area contributed by atoms with Gasteiger partial charge in [-0.05, 0) is 59.6 Å². The average molecular weight is 499 g/mol. The maximum atomic E-state index is 14.2. The second-order valence-electron chi connectivity index (χ2n) is 8.90. The van der Waals surface area contributed by atoms with E-state index >= 15 is 0 Å². The summed E-state index contributed by atoms with van der Waals surface area (Å²) < 4.78 is 47.5. The van der Waals surface area contributed by atoms with E-state index in [9.17, 15) is 17.6 Å². The van der Waals surface area contributed by atoms with Crippen LogP contribution in [0.3, 0.4) is 0 Å². The first-order valence-electron chi connectivity index (χ1n) is 11.4. The van der Waals surface area contributed by atoms with Gasteiger partial charge >= 0.3 is 5.97 Å². The van der Waals surface area contributed by atoms with Crippen LogP contribution in [0.5, 0.6) is 5.75 Å². The number of sulfonamides is 1. The van der Waals surface area contributed by atoms with E-state index in [0.29, 0.717) is 11.5 Å². The summed E-state index contributed by atoms with van der Waals surface area (Å²) in [5.41, 5.74) is 1.96. The van der Waals surface area contributed by atoms with E-state index in [1.807, 2.05) is 12.1 Å². The Morgan fingerprint density at radius 1 is 1.06 bits per heavy atom. The van der Waals surface area contributed by atoms with E-state index in [1.165, 1.54) is 50.6 Å². The van der Waals surface area contributed by atoms with Gasteiger partial charge in [0, 0.05) is 12.3 Å². The number of hydrogen-bond donors (Lipinski definition) is 2. The predicted molar refractivity (Wildman–Crippen MR) is 131 cm³/mol. The third kappa shape index (κ3) is 5.45. The van der Waals surface area contributed by atoms with Gasteiger partial charge in [-0.3, -0.25) is 4.72 Å². The number of aromatic nitrogens is 1. The van der Waals surface area contributed by atoms with Crippen molar-refractivity contribution < 1.29 is 27.4 Å². The number of nitrogens with zero attached hydrogens (tertiary/aromatic N) is 1. The summed E-state index contributed by atoms with van der Waals surface area (Å²) in [5, 5.41) is 8.82. The summed E-state index contributed by atoms with van der Waals surface area (Å²) in [6.45, 7) is 2.29. The van der Waals surface area contributed by atoms with E-state index < -0.39 is 27.4 Å². The highest BCUT2D eigenvalue weighted by Crippen LogP contribution is 2.36. The van der Waals surface area contributed by atoms with Gasteiger partial charge in [-0.25, -0.2) is 14.2 Å². The van der Waals surface area contributed by atoms with Gasteiger partial charge in [0.2, 0.25) is 0 Å². The minimum absolute atomic E-state index is 0.128. The first kappa shape index (κ1) is 24.7. The molecule has 0 amide bonds. The van der Waals surface area contributed by atoms with E-state index in [2.05, 4.69) is 28.8 Å². The van der Waals surface area contributed by atoms with E-state index in [1.54, 1.807) is 6.07 Å². The number of halogens is 1. The van der Waals surface area contributed by atoms with Gasteiger partial charge in [-0.2, -0.15) is 8.42 Å². The van der Waals surface area contributed by atoms with Gasteiger partial charge in [0.1, 0.15) is 11.6 Å². The molecule has 184 valence electrons. The summed E-state index contributed by atoms with van der Waals surface area (Å²) >= 11 is 0. The van der Waals surface area contributed by atoms with Crippen molar-refractivity contribution >= 4 is 21.7 Å². The summed E-state index contributed by atoms with van der Waals surface area (Å²) in [6.07, 6.45) is 6.23. The number of rotatable bonds is 7. The Morgan fingerprint density at radius 3 is 2.37 bits per heavy atom. The fourth-order valence-electron chi connectivity index (χ4n) is 4.44. The number of methoxy groups -OCH3 is 1. The Labute approximate surface area is 204 Å². The maximum Gasteiger partial charge on any atom is 0.338 e. The fraction of sp³-hybridized carbons (Fsp3) is 0.308. The average Bonchev–Trinajstić information content (AvgIpc) is 2.84. The van der Waals surface area contributed by atoms with Gasteiger partial charge in [0.15, 0.2) is 5.03 Å². The van der Waals surface area contributed by atoms with Gasteiger partial charge in [-0.1, -0.05) is 44.0 Å². The zero-order valence-electron chi connectivity index (χ0n) is 19.5. The van der Waals surface area contributed by atoms with Gasteiger partial charge in [0.25, 0.3) is 10.0 Å². The molecule has 0 saturated heterocycles. The number of carboxylic acid groups (broad SMARTS) is 1. The van der Waals surface area contributed by atoms with E-state index in [4.69, 9.17) is 9.84 Å². The van der Waals surface area contributed by atoms with E-state index in [0.717, 1.165) is 23.6 Å². The van der Waals surface area contributed by atoms with Crippen molar-refractivity contribution in [3.63, 3.8) is 0 Å². The highest BCUT2D eigenvalue weighted by atomic mass is 32.2. The Balaban J connectivity index is 1.58. The second kappa shape index (κ2) is 10.0. The number of aromatic carboxylic acids is 1. The lowest BCUT2D eigenvalue weighted by molar-refractivity contribution is 0.0691. The maximum absolute atomic E-state index is 14.2. The number of pyridine rings is 1. The highest BCUT2D eigenvalue weighted by Gasteiger charge is 2.23. The zero-order chi connectivity index (χ0) is 25.2. The van der Waals surface area contributed by atoms with Gasteiger partial charge < -0.3 is 9.84 Å². The van der Waals surface area contributed by atoms with Crippen LogP contribution >= 0.6 is 0 Å². The minimum Gasteiger partial charge on any atom is -0.495 e. The molecule has 1 saturated carbocycles. The number of carboxylic acids is 1. The number of carbonyl (C=O) groups is 1. The normalized spacial score (nSPS) is 18.1. The van der Waals surface area contributed by atoms with Crippen molar-refractivity contribution in [2.24, 2.45) is 5.92 Å². The van der Waals surface area contributed by atoms with Crippen molar-refractivity contribution in [1.82, 2.24) is 4.98 Å². The van der Waals surface area contributed by atoms with Crippen LogP contribution in [0.25, 0.3) is 11.1 Å². The molecule has 1 aromatic heterocycles. The Kier molecular flexibility index (Phi) is 7.07. The molecule has 0 spiro atoms. The van der Waals surface area contributed by atoms with Crippen LogP contribution in [0.1, 0.15) is 54.4 Å². The highest BCUT2D eigenvalue weighted by molar-refractivity contribution is 7.92. The SMILES string of the molecule is COc1cc(C(=O)O)c(F)cc1NS(=O)(=O)c1cc(-c2ccc([C@H]3CC[C@H](C)CC3)cc2)ccn1. The van der Waals surface area contributed by atoms with Crippen molar-refractivity contribution in [2.75, 3.05) is 11.8 Å². The van der Waals surface area contributed by atoms with Crippen LogP contribution in [0.4, 0.5) is 10.1 Å². The van der Waals surface area contributed by atoms with Crippen LogP contribution in [0, 0.1) is 11.7 Å². The van der Waals surface area contributed by atoms with Gasteiger partial charge in [-0.15, -0.1) is 0 Å². The molecule has 1 aliphatic carbocycles. The molecule has 2 N–H and O–H groups in total. The topological polar surface area (TPSA) is 106 Å². The van der Waals surface area contributed by atoms with Gasteiger partial charge in [0.05, 0.1) is 18.4 Å². The standard InChI is InChI=1S/C26H27FN2O5S/c1-16-3-5-17(6-4-16)18-7-9-19(10-8-18)20-11-12-28-25(13-20)35(32,33)29-23-15-22(27)21(26(30)31)14-24(23)34-2/h7-17,29H,3-6H2,1-2H3,(H,30,31)/t16-,17-. The molecule has 0 atom stereocenters. The number of anilines is 1. The van der Waals surface area contributed by atoms with Crippen molar-refractivity contribution in [3.05, 3.63) is 71.7 Å². The van der Waals surface area contributed by atoms with Crippen LogP contribution in [-0.2, 0) is 10.0 Å². The lowest BCUT2D eigenvalue weighted by Crippen LogP contribution is -2.16. The third-order valence-electron chi connectivity index (χ3n) is 6.51. The lowest BCUT2D eigenvalue weighted by atomic mass is 9.79. The summed E-state index contributed by atoms with van der Waals surface area (Å²) in [4.78, 5) is 15.1. The zero-order valence-corrected chi connectivity index (χ0v) is 20.3. The summed E-state index contributed by atoms with van der Waals surface area (Å²) in [5.74, 6) is -1.38. The molecule has 0 aliphatic heterocycles. The van der Waals surface area contributed by atoms with Crippen LogP contribution < -0.4 is 9.46 Å². The fourth-order valence-corrected chi connectivity index (χ4v) is 5.48. The molecule has 3 aromatic rings. The Hall–Kier alpha value is -3.46. The molecule has 4 rings (SSSR count). The molecule has 1 aliphatic rings. The molecular formula is C26H27FN2O5S. The predicted octanol–water partition coefficient (Wildman–Crippen LogP) is 5.69. The smallest absolute Gasteiger partial charge is 0.338 e. The number of hydrogen-bond acceptors (Lipinski definition) is 5. The molecule has 7 nitrogen and oxygen atoms in total. The number of benzene rings is 2. The monoisotopic (exact) mass is 498 g/mol. The molecule has 1 heterocycles. The largest absolute Gasteiger partial charge is 0.495 e. The van der Waals surface area contributed by atoms with Crippen molar-refractivity contribution in [1.29, 1.82) is 0 Å². The van der Waals surface area contributed by atoms with Crippen LogP contribution in [0.15, 0.2) is 59.8 Å². The second-order valence-corrected chi connectivity index (χ2v) is 10.5.